The number of benzene rings is 2. The molecule has 0 atom stereocenters. The summed E-state index contributed by atoms with van der Waals surface area (Å²) in [5.74, 6) is -0.861. The molecule has 25 heavy (non-hydrogen) atoms. The maximum atomic E-state index is 13.6. The topological polar surface area (TPSA) is 77.8 Å². The molecule has 2 N–H and O–H groups in total. The monoisotopic (exact) mass is 332 g/mol. The van der Waals surface area contributed by atoms with Gasteiger partial charge in [0.15, 0.2) is 0 Å². The molecule has 2 aromatic carbocycles. The van der Waals surface area contributed by atoms with Gasteiger partial charge in [0.2, 0.25) is 0 Å². The number of nitrogens with one attached hydrogen (secondary N) is 2. The van der Waals surface area contributed by atoms with Gasteiger partial charge in [-0.25, -0.2) is 9.37 Å². The van der Waals surface area contributed by atoms with Crippen molar-refractivity contribution in [2.24, 2.45) is 0 Å². The van der Waals surface area contributed by atoms with Crippen molar-refractivity contribution >= 4 is 23.1 Å². The Hall–Kier alpha value is -3.72. The lowest BCUT2D eigenvalue weighted by Gasteiger charge is -2.09. The van der Waals surface area contributed by atoms with Crippen LogP contribution in [0.15, 0.2) is 66.9 Å². The van der Waals surface area contributed by atoms with Gasteiger partial charge in [-0.1, -0.05) is 24.3 Å². The molecule has 1 aromatic heterocycles. The van der Waals surface area contributed by atoms with E-state index in [4.69, 9.17) is 5.26 Å². The normalized spacial score (nSPS) is 9.92. The lowest BCUT2D eigenvalue weighted by atomic mass is 10.2. The average Bonchev–Trinajstić information content (AvgIpc) is 2.64. The van der Waals surface area contributed by atoms with Gasteiger partial charge in [-0.3, -0.25) is 4.79 Å². The summed E-state index contributed by atoms with van der Waals surface area (Å²) in [7, 11) is 0. The third-order valence-electron chi connectivity index (χ3n) is 3.45. The Kier molecular flexibility index (Phi) is 4.67. The van der Waals surface area contributed by atoms with Crippen LogP contribution in [-0.4, -0.2) is 10.9 Å². The summed E-state index contributed by atoms with van der Waals surface area (Å²) in [6.45, 7) is 0. The second kappa shape index (κ2) is 7.23. The predicted octanol–water partition coefficient (Wildman–Crippen LogP) is 4.09. The van der Waals surface area contributed by atoms with Gasteiger partial charge in [0.1, 0.15) is 17.7 Å². The number of anilines is 3. The summed E-state index contributed by atoms with van der Waals surface area (Å²) in [5, 5.41) is 14.7. The summed E-state index contributed by atoms with van der Waals surface area (Å²) < 4.78 is 13.6. The summed E-state index contributed by atoms with van der Waals surface area (Å²) in [6, 6.07) is 18.2. The zero-order valence-electron chi connectivity index (χ0n) is 13.0. The number of nitrogens with zero attached hydrogens (tertiary/aromatic N) is 2. The Morgan fingerprint density at radius 1 is 1.04 bits per heavy atom. The summed E-state index contributed by atoms with van der Waals surface area (Å²) in [4.78, 5) is 16.2. The van der Waals surface area contributed by atoms with Crippen LogP contribution in [0.3, 0.4) is 0 Å². The van der Waals surface area contributed by atoms with Gasteiger partial charge in [0, 0.05) is 0 Å². The van der Waals surface area contributed by atoms with Gasteiger partial charge in [0.25, 0.3) is 5.91 Å². The van der Waals surface area contributed by atoms with Crippen LogP contribution in [0.1, 0.15) is 15.9 Å². The van der Waals surface area contributed by atoms with Crippen LogP contribution in [0.2, 0.25) is 0 Å². The highest BCUT2D eigenvalue weighted by Crippen LogP contribution is 2.20. The Bertz CT molecular complexity index is 948. The molecule has 0 saturated carbocycles. The van der Waals surface area contributed by atoms with Crippen molar-refractivity contribution in [2.45, 2.75) is 0 Å². The molecular weight excluding hydrogens is 319 g/mol. The largest absolute Gasteiger partial charge is 0.353 e. The minimum Gasteiger partial charge on any atom is -0.353 e. The average molecular weight is 332 g/mol. The van der Waals surface area contributed by atoms with Crippen LogP contribution in [-0.2, 0) is 0 Å². The maximum Gasteiger partial charge on any atom is 0.259 e. The fraction of sp³-hybridized carbons (Fsp3) is 0. The van der Waals surface area contributed by atoms with Crippen molar-refractivity contribution in [3.63, 3.8) is 0 Å². The van der Waals surface area contributed by atoms with Crippen LogP contribution in [0.5, 0.6) is 0 Å². The zero-order chi connectivity index (χ0) is 17.6. The van der Waals surface area contributed by atoms with Gasteiger partial charge in [-0.2, -0.15) is 5.26 Å². The molecule has 3 aromatic rings. The van der Waals surface area contributed by atoms with Crippen molar-refractivity contribution in [1.82, 2.24) is 4.98 Å². The van der Waals surface area contributed by atoms with E-state index in [1.807, 2.05) is 6.07 Å². The number of carbonyl (C=O) groups excluding carboxylic acids is 1. The van der Waals surface area contributed by atoms with E-state index in [-0.39, 0.29) is 5.56 Å². The van der Waals surface area contributed by atoms with Crippen LogP contribution >= 0.6 is 0 Å². The molecule has 0 fully saturated rings. The summed E-state index contributed by atoms with van der Waals surface area (Å²) in [6.07, 6.45) is 1.52. The number of amides is 1. The molecule has 0 unspecified atom stereocenters. The Morgan fingerprint density at radius 2 is 1.80 bits per heavy atom. The second-order valence-corrected chi connectivity index (χ2v) is 5.15. The third kappa shape index (κ3) is 3.79. The van der Waals surface area contributed by atoms with Gasteiger partial charge in [-0.05, 0) is 36.4 Å². The number of nitriles is 1. The molecule has 6 heteroatoms. The molecule has 0 aliphatic carbocycles. The first-order chi connectivity index (χ1) is 12.2. The second-order valence-electron chi connectivity index (χ2n) is 5.15. The van der Waals surface area contributed by atoms with Crippen LogP contribution in [0, 0.1) is 17.1 Å². The maximum absolute atomic E-state index is 13.6. The predicted molar refractivity (Wildman–Crippen MR) is 93.0 cm³/mol. The fourth-order valence-electron chi connectivity index (χ4n) is 2.22. The molecule has 0 bridgehead atoms. The van der Waals surface area contributed by atoms with Crippen molar-refractivity contribution in [2.75, 3.05) is 10.6 Å². The highest BCUT2D eigenvalue weighted by atomic mass is 19.1. The van der Waals surface area contributed by atoms with E-state index in [0.29, 0.717) is 22.8 Å². The lowest BCUT2D eigenvalue weighted by molar-refractivity contribution is 0.102. The molecule has 0 spiro atoms. The smallest absolute Gasteiger partial charge is 0.259 e. The van der Waals surface area contributed by atoms with E-state index in [1.165, 1.54) is 24.4 Å². The Morgan fingerprint density at radius 3 is 2.52 bits per heavy atom. The van der Waals surface area contributed by atoms with Crippen molar-refractivity contribution in [3.05, 3.63) is 83.8 Å². The van der Waals surface area contributed by atoms with E-state index < -0.39 is 11.7 Å². The number of hydrogen-bond donors (Lipinski definition) is 2. The quantitative estimate of drug-likeness (QED) is 0.754. The first-order valence-corrected chi connectivity index (χ1v) is 7.45. The first kappa shape index (κ1) is 16.1. The number of rotatable bonds is 4. The van der Waals surface area contributed by atoms with E-state index in [0.717, 1.165) is 0 Å². The highest BCUT2D eigenvalue weighted by molar-refractivity contribution is 6.03. The summed E-state index contributed by atoms with van der Waals surface area (Å²) >= 11 is 0. The SMILES string of the molecule is N#Cc1ccccc1Nc1ccc(NC(=O)c2ccccc2F)nc1. The summed E-state index contributed by atoms with van der Waals surface area (Å²) in [5.41, 5.74) is 1.79. The Labute approximate surface area is 143 Å². The van der Waals surface area contributed by atoms with Crippen molar-refractivity contribution < 1.29 is 9.18 Å². The molecule has 122 valence electrons. The van der Waals surface area contributed by atoms with Gasteiger partial charge >= 0.3 is 0 Å². The van der Waals surface area contributed by atoms with Gasteiger partial charge in [-0.15, -0.1) is 0 Å². The van der Waals surface area contributed by atoms with Crippen LogP contribution in [0.25, 0.3) is 0 Å². The van der Waals surface area contributed by atoms with E-state index in [2.05, 4.69) is 21.7 Å². The lowest BCUT2D eigenvalue weighted by Crippen LogP contribution is -2.14. The molecule has 0 aliphatic heterocycles. The van der Waals surface area contributed by atoms with E-state index in [1.54, 1.807) is 36.4 Å². The highest BCUT2D eigenvalue weighted by Gasteiger charge is 2.11. The van der Waals surface area contributed by atoms with Crippen LogP contribution in [0.4, 0.5) is 21.6 Å². The molecule has 0 saturated heterocycles. The number of hydrogen-bond acceptors (Lipinski definition) is 4. The number of pyridine rings is 1. The van der Waals surface area contributed by atoms with Gasteiger partial charge < -0.3 is 10.6 Å². The third-order valence-corrected chi connectivity index (χ3v) is 3.45. The standard InChI is InChI=1S/C19H13FN4O/c20-16-7-3-2-6-15(16)19(25)24-18-10-9-14(12-22-18)23-17-8-4-1-5-13(17)11-21/h1-10,12,23H,(H,22,24,25). The zero-order valence-corrected chi connectivity index (χ0v) is 13.0. The fourth-order valence-corrected chi connectivity index (χ4v) is 2.22. The molecule has 0 aliphatic rings. The number of carbonyl (C=O) groups is 1. The molecule has 5 nitrogen and oxygen atoms in total. The van der Waals surface area contributed by atoms with Crippen molar-refractivity contribution in [1.29, 1.82) is 5.26 Å². The van der Waals surface area contributed by atoms with Gasteiger partial charge in [0.05, 0.1) is 28.7 Å². The number of halogens is 1. The van der Waals surface area contributed by atoms with Crippen LogP contribution < -0.4 is 10.6 Å². The minimum atomic E-state index is -0.591. The van der Waals surface area contributed by atoms with Crippen molar-refractivity contribution in [3.8, 4) is 6.07 Å². The molecule has 0 radical (unpaired) electrons. The molecular formula is C19H13FN4O. The number of para-hydroxylation sites is 1. The Balaban J connectivity index is 1.72. The number of aromatic nitrogens is 1. The first-order valence-electron chi connectivity index (χ1n) is 7.45. The van der Waals surface area contributed by atoms with E-state index >= 15 is 0 Å². The molecule has 1 heterocycles. The van der Waals surface area contributed by atoms with E-state index in [9.17, 15) is 9.18 Å². The molecule has 1 amide bonds. The minimum absolute atomic E-state index is 0.0468. The molecule has 3 rings (SSSR count).